The Morgan fingerprint density at radius 1 is 0.340 bits per heavy atom. The minimum atomic E-state index is -1.08. The van der Waals surface area contributed by atoms with E-state index in [0.29, 0.717) is 0 Å². The van der Waals surface area contributed by atoms with Crippen molar-refractivity contribution in [3.8, 4) is 0 Å². The van der Waals surface area contributed by atoms with E-state index in [0.717, 1.165) is 62.3 Å². The summed E-state index contributed by atoms with van der Waals surface area (Å²) in [7, 11) is 0. The SMILES string of the molecule is CC(=O)[O-].CC(=O)[O-].CC(=O)[O-].CC(=O)[O-].CC(=O)[O-].CC(=O)[O-].CC(=O)[O-].CC(=O)[O-].CC(=O)[O-].O.O.[Fe+2].[Fe+2].[Fe+3].[Fe+3].[NH-]CC[NH-].[Na+]. The monoisotopic (exact) mass is 872 g/mol. The Hall–Kier alpha value is -1.85. The van der Waals surface area contributed by atoms with E-state index in [9.17, 15) is 0 Å². The van der Waals surface area contributed by atoms with E-state index in [4.69, 9.17) is 101 Å². The van der Waals surface area contributed by atoms with Crippen molar-refractivity contribution in [2.24, 2.45) is 0 Å². The molecule has 0 aliphatic heterocycles. The first-order valence-corrected chi connectivity index (χ1v) is 9.38. The van der Waals surface area contributed by atoms with Crippen LogP contribution in [0.15, 0.2) is 0 Å². The van der Waals surface area contributed by atoms with E-state index in [2.05, 4.69) is 0 Å². The van der Waals surface area contributed by atoms with Crippen LogP contribution in [0, 0.1) is 0 Å². The van der Waals surface area contributed by atoms with Crippen molar-refractivity contribution in [3.63, 3.8) is 0 Å². The second kappa shape index (κ2) is 112. The summed E-state index contributed by atoms with van der Waals surface area (Å²) in [5.41, 5.74) is 12.5. The molecule has 47 heavy (non-hydrogen) atoms. The van der Waals surface area contributed by atoms with E-state index in [1.54, 1.807) is 0 Å². The zero-order valence-corrected chi connectivity index (χ0v) is 33.1. The third-order valence-electron chi connectivity index (χ3n) is 0.125. The zero-order valence-electron chi connectivity index (χ0n) is 26.7. The van der Waals surface area contributed by atoms with E-state index in [-0.39, 0.29) is 122 Å². The summed E-state index contributed by atoms with van der Waals surface area (Å²) in [5.74, 6) is -9.75. The van der Waals surface area contributed by atoms with Gasteiger partial charge in [-0.15, -0.1) is 0 Å². The number of carbonyl (C=O) groups is 9. The van der Waals surface area contributed by atoms with Crippen LogP contribution in [0.5, 0.6) is 0 Å². The molecule has 22 nitrogen and oxygen atoms in total. The van der Waals surface area contributed by atoms with Crippen LogP contribution in [0.3, 0.4) is 0 Å². The van der Waals surface area contributed by atoms with Crippen LogP contribution < -0.4 is 75.5 Å². The maximum atomic E-state index is 8.89. The van der Waals surface area contributed by atoms with E-state index < -0.39 is 53.7 Å². The maximum Gasteiger partial charge on any atom is 3.00 e. The number of carboxylic acids is 9. The van der Waals surface area contributed by atoms with Gasteiger partial charge in [-0.05, 0) is 62.3 Å². The quantitative estimate of drug-likeness (QED) is 0.221. The molecule has 0 spiro atoms. The van der Waals surface area contributed by atoms with Crippen molar-refractivity contribution in [3.05, 3.63) is 11.5 Å². The minimum Gasteiger partial charge on any atom is -0.679 e. The average molecular weight is 872 g/mol. The van der Waals surface area contributed by atoms with Gasteiger partial charge in [0.25, 0.3) is 0 Å². The zero-order chi connectivity index (χ0) is 35.6. The fourth-order valence-electron chi connectivity index (χ4n) is 0. The molecule has 0 aliphatic rings. The molecule has 0 atom stereocenters. The molecule has 0 bridgehead atoms. The van der Waals surface area contributed by atoms with Gasteiger partial charge < -0.3 is 112 Å². The molecule has 0 aliphatic carbocycles. The first kappa shape index (κ1) is 111. The fraction of sp³-hybridized carbons (Fsp3) is 0.550. The van der Waals surface area contributed by atoms with Crippen LogP contribution in [0.25, 0.3) is 11.5 Å². The van der Waals surface area contributed by atoms with Gasteiger partial charge in [-0.1, -0.05) is 0 Å². The van der Waals surface area contributed by atoms with Crippen LogP contribution in [0.1, 0.15) is 62.3 Å². The van der Waals surface area contributed by atoms with Gasteiger partial charge in [-0.3, -0.25) is 0 Å². The molecule has 0 fully saturated rings. The number of carboxylic acid groups (broad SMARTS) is 9. The molecule has 0 aromatic rings. The van der Waals surface area contributed by atoms with Gasteiger partial charge in [0.1, 0.15) is 0 Å². The average Bonchev–Trinajstić information content (AvgIpc) is 2.56. The van der Waals surface area contributed by atoms with Gasteiger partial charge in [-0.2, -0.15) is 13.1 Å². The van der Waals surface area contributed by atoms with Crippen molar-refractivity contribution in [1.82, 2.24) is 0 Å². The second-order valence-corrected chi connectivity index (χ2v) is 4.92. The molecule has 27 heteroatoms. The van der Waals surface area contributed by atoms with Gasteiger partial charge in [0.15, 0.2) is 0 Å². The Morgan fingerprint density at radius 3 is 0.362 bits per heavy atom. The molecule has 0 aromatic heterocycles. The molecule has 0 unspecified atom stereocenters. The van der Waals surface area contributed by atoms with Gasteiger partial charge in [0, 0.05) is 53.7 Å². The predicted octanol–water partition coefficient (Wildman–Crippen LogP) is -14.8. The van der Waals surface area contributed by atoms with Crippen LogP contribution >= 0.6 is 0 Å². The molecule has 0 rings (SSSR count). The Bertz CT molecular complexity index is 483. The van der Waals surface area contributed by atoms with Crippen molar-refractivity contribution >= 4 is 53.7 Å². The first-order chi connectivity index (χ1) is 17.5. The molecule has 0 saturated heterocycles. The smallest absolute Gasteiger partial charge is 0.679 e. The summed E-state index contributed by atoms with van der Waals surface area (Å²) in [6, 6.07) is 0. The minimum absolute atomic E-state index is 0. The normalized spacial score (nSPS) is 5.43. The topological polar surface area (TPSA) is 472 Å². The number of carbonyl (C=O) groups excluding carboxylic acids is 9. The molecule has 6 N–H and O–H groups in total. The third kappa shape index (κ3) is 108000. The van der Waals surface area contributed by atoms with Crippen LogP contribution in [-0.2, 0) is 111 Å². The number of aliphatic carboxylic acids is 9. The molecule has 0 aromatic carbocycles. The summed E-state index contributed by atoms with van der Waals surface area (Å²) in [4.78, 5) is 80.0. The Morgan fingerprint density at radius 2 is 0.362 bits per heavy atom. The molecular formula is C20H37Fe4N2NaO20. The van der Waals surface area contributed by atoms with Crippen LogP contribution in [0.2, 0.25) is 0 Å². The maximum absolute atomic E-state index is 8.89. The van der Waals surface area contributed by atoms with Crippen molar-refractivity contribution in [2.75, 3.05) is 13.1 Å². The number of hydrogen-bond donors (Lipinski definition) is 0. The second-order valence-electron chi connectivity index (χ2n) is 4.92. The predicted molar refractivity (Wildman–Crippen MR) is 122 cm³/mol. The molecule has 280 valence electrons. The Labute approximate surface area is 336 Å². The summed E-state index contributed by atoms with van der Waals surface area (Å²) < 4.78 is 0. The number of hydrogen-bond acceptors (Lipinski definition) is 18. The Kier molecular flexibility index (Phi) is 264. The summed E-state index contributed by atoms with van der Waals surface area (Å²) in [6.07, 6.45) is 0. The van der Waals surface area contributed by atoms with E-state index in [1.807, 2.05) is 0 Å². The molecule has 0 amide bonds. The largest absolute Gasteiger partial charge is 3.00 e. The first-order valence-electron chi connectivity index (χ1n) is 9.38. The molecular weight excluding hydrogens is 835 g/mol. The summed E-state index contributed by atoms with van der Waals surface area (Å²) in [5, 5.41) is 80.0. The van der Waals surface area contributed by atoms with E-state index in [1.165, 1.54) is 0 Å². The molecule has 2 radical (unpaired) electrons. The molecule has 0 saturated carbocycles. The van der Waals surface area contributed by atoms with Crippen molar-refractivity contribution in [1.29, 1.82) is 0 Å². The van der Waals surface area contributed by atoms with Crippen molar-refractivity contribution < 1.29 is 198 Å². The summed E-state index contributed by atoms with van der Waals surface area (Å²) >= 11 is 0. The van der Waals surface area contributed by atoms with Gasteiger partial charge >= 0.3 is 97.8 Å². The third-order valence-corrected chi connectivity index (χ3v) is 0.125. The standard InChI is InChI=1S/C2H6N2.9C2H4O2.4Fe.Na.2H2O/c3-1-2-4;9*1-2(3)4;;;;;;;/h3-4H,1-2H2;9*1H3,(H,3,4);;;;;;2*1H2/q-2;;;;;;;;;;2*+2;2*+3;+1;;/p-9. The van der Waals surface area contributed by atoms with E-state index >= 15 is 0 Å². The van der Waals surface area contributed by atoms with Crippen molar-refractivity contribution in [2.45, 2.75) is 62.3 Å². The molecule has 0 heterocycles. The van der Waals surface area contributed by atoms with Gasteiger partial charge in [0.2, 0.25) is 0 Å². The van der Waals surface area contributed by atoms with Crippen LogP contribution in [0.4, 0.5) is 0 Å². The Balaban J connectivity index is -0.0000000140. The number of nitrogens with one attached hydrogen (secondary N) is 2. The fourth-order valence-corrected chi connectivity index (χ4v) is 0. The number of rotatable bonds is 1. The van der Waals surface area contributed by atoms with Crippen LogP contribution in [-0.4, -0.2) is 77.8 Å². The summed E-state index contributed by atoms with van der Waals surface area (Å²) in [6.45, 7) is 9.22. The van der Waals surface area contributed by atoms with Gasteiger partial charge in [-0.25, -0.2) is 0 Å². The van der Waals surface area contributed by atoms with Gasteiger partial charge in [0.05, 0.1) is 0 Å².